The minimum atomic E-state index is -0.108. The van der Waals surface area contributed by atoms with E-state index in [9.17, 15) is 4.79 Å². The summed E-state index contributed by atoms with van der Waals surface area (Å²) in [5.74, 6) is 0.719. The van der Waals surface area contributed by atoms with Crippen LogP contribution in [0.15, 0.2) is 30.3 Å². The van der Waals surface area contributed by atoms with E-state index in [0.29, 0.717) is 0 Å². The average Bonchev–Trinajstić information content (AvgIpc) is 3.00. The number of carbonyl (C=O) groups is 1. The molecule has 1 aromatic rings. The zero-order chi connectivity index (χ0) is 9.80. The van der Waals surface area contributed by atoms with Crippen molar-refractivity contribution >= 4 is 11.7 Å². The van der Waals surface area contributed by atoms with Crippen molar-refractivity contribution in [2.24, 2.45) is 5.92 Å². The van der Waals surface area contributed by atoms with Crippen LogP contribution >= 0.6 is 0 Å². The van der Waals surface area contributed by atoms with E-state index in [2.05, 4.69) is 10.6 Å². The number of para-hydroxylation sites is 1. The van der Waals surface area contributed by atoms with Crippen LogP contribution < -0.4 is 10.6 Å². The summed E-state index contributed by atoms with van der Waals surface area (Å²) in [5.41, 5.74) is 0.834. The molecular formula is C11H14N2O. The lowest BCUT2D eigenvalue weighted by molar-refractivity contribution is 0.251. The molecule has 1 aliphatic rings. The Labute approximate surface area is 83.5 Å². The van der Waals surface area contributed by atoms with Crippen LogP contribution in [-0.2, 0) is 0 Å². The zero-order valence-corrected chi connectivity index (χ0v) is 7.99. The molecule has 2 amide bonds. The molecule has 0 spiro atoms. The summed E-state index contributed by atoms with van der Waals surface area (Å²) in [4.78, 5) is 11.3. The number of anilines is 1. The van der Waals surface area contributed by atoms with Crippen LogP contribution in [0.2, 0.25) is 0 Å². The standard InChI is InChI=1S/C11H14N2O/c14-11(12-8-9-6-7-9)13-10-4-2-1-3-5-10/h1-5,9H,6-8H2,(H2,12,13,14). The monoisotopic (exact) mass is 190 g/mol. The summed E-state index contributed by atoms with van der Waals surface area (Å²) in [6, 6.07) is 9.36. The molecule has 3 nitrogen and oxygen atoms in total. The van der Waals surface area contributed by atoms with Gasteiger partial charge in [0.25, 0.3) is 0 Å². The average molecular weight is 190 g/mol. The summed E-state index contributed by atoms with van der Waals surface area (Å²) < 4.78 is 0. The van der Waals surface area contributed by atoms with Gasteiger partial charge in [0.15, 0.2) is 0 Å². The highest BCUT2D eigenvalue weighted by molar-refractivity contribution is 5.89. The molecule has 1 aliphatic carbocycles. The van der Waals surface area contributed by atoms with Gasteiger partial charge in [0.1, 0.15) is 0 Å². The molecule has 0 aromatic heterocycles. The minimum absolute atomic E-state index is 0.108. The van der Waals surface area contributed by atoms with Gasteiger partial charge in [0.2, 0.25) is 0 Å². The van der Waals surface area contributed by atoms with Gasteiger partial charge in [-0.15, -0.1) is 0 Å². The number of urea groups is 1. The van der Waals surface area contributed by atoms with Crippen molar-refractivity contribution in [1.29, 1.82) is 0 Å². The number of benzene rings is 1. The molecule has 0 radical (unpaired) electrons. The van der Waals surface area contributed by atoms with E-state index in [1.165, 1.54) is 12.8 Å². The second-order valence-corrected chi connectivity index (χ2v) is 3.64. The van der Waals surface area contributed by atoms with E-state index in [-0.39, 0.29) is 6.03 Å². The van der Waals surface area contributed by atoms with Gasteiger partial charge >= 0.3 is 6.03 Å². The Hall–Kier alpha value is -1.51. The van der Waals surface area contributed by atoms with Crippen LogP contribution in [-0.4, -0.2) is 12.6 Å². The van der Waals surface area contributed by atoms with Gasteiger partial charge in [-0.05, 0) is 30.9 Å². The fourth-order valence-electron chi connectivity index (χ4n) is 1.26. The van der Waals surface area contributed by atoms with Gasteiger partial charge in [-0.2, -0.15) is 0 Å². The van der Waals surface area contributed by atoms with Gasteiger partial charge in [-0.25, -0.2) is 4.79 Å². The highest BCUT2D eigenvalue weighted by Gasteiger charge is 2.21. The predicted molar refractivity (Wildman–Crippen MR) is 56.2 cm³/mol. The first-order chi connectivity index (χ1) is 6.84. The van der Waals surface area contributed by atoms with Crippen LogP contribution in [0.3, 0.4) is 0 Å². The molecule has 0 heterocycles. The van der Waals surface area contributed by atoms with Gasteiger partial charge < -0.3 is 10.6 Å². The van der Waals surface area contributed by atoms with E-state index in [4.69, 9.17) is 0 Å². The molecule has 1 saturated carbocycles. The van der Waals surface area contributed by atoms with Crippen LogP contribution in [0, 0.1) is 5.92 Å². The van der Waals surface area contributed by atoms with Gasteiger partial charge in [-0.1, -0.05) is 18.2 Å². The van der Waals surface area contributed by atoms with Crippen molar-refractivity contribution in [3.63, 3.8) is 0 Å². The molecule has 1 fully saturated rings. The number of hydrogen-bond acceptors (Lipinski definition) is 1. The van der Waals surface area contributed by atoms with Crippen molar-refractivity contribution in [2.75, 3.05) is 11.9 Å². The number of rotatable bonds is 3. The number of nitrogens with one attached hydrogen (secondary N) is 2. The van der Waals surface area contributed by atoms with Crippen molar-refractivity contribution < 1.29 is 4.79 Å². The van der Waals surface area contributed by atoms with Crippen LogP contribution in [0.25, 0.3) is 0 Å². The maximum absolute atomic E-state index is 11.3. The second kappa shape index (κ2) is 4.13. The largest absolute Gasteiger partial charge is 0.338 e. The van der Waals surface area contributed by atoms with Crippen LogP contribution in [0.1, 0.15) is 12.8 Å². The van der Waals surface area contributed by atoms with E-state index in [1.807, 2.05) is 30.3 Å². The van der Waals surface area contributed by atoms with Crippen LogP contribution in [0.4, 0.5) is 10.5 Å². The zero-order valence-electron chi connectivity index (χ0n) is 7.99. The number of amides is 2. The quantitative estimate of drug-likeness (QED) is 0.753. The van der Waals surface area contributed by atoms with Gasteiger partial charge in [-0.3, -0.25) is 0 Å². The second-order valence-electron chi connectivity index (χ2n) is 3.64. The smallest absolute Gasteiger partial charge is 0.319 e. The third-order valence-electron chi connectivity index (χ3n) is 2.28. The Balaban J connectivity index is 1.76. The Morgan fingerprint density at radius 2 is 2.00 bits per heavy atom. The highest BCUT2D eigenvalue weighted by Crippen LogP contribution is 2.27. The Morgan fingerprint density at radius 3 is 2.64 bits per heavy atom. The van der Waals surface area contributed by atoms with E-state index >= 15 is 0 Å². The fourth-order valence-corrected chi connectivity index (χ4v) is 1.26. The number of carbonyl (C=O) groups excluding carboxylic acids is 1. The molecule has 0 saturated heterocycles. The van der Waals surface area contributed by atoms with E-state index < -0.39 is 0 Å². The van der Waals surface area contributed by atoms with Gasteiger partial charge in [0, 0.05) is 12.2 Å². The first-order valence-electron chi connectivity index (χ1n) is 4.94. The normalized spacial score (nSPS) is 14.9. The topological polar surface area (TPSA) is 41.1 Å². The Bertz CT molecular complexity index is 306. The summed E-state index contributed by atoms with van der Waals surface area (Å²) in [6.45, 7) is 0.804. The van der Waals surface area contributed by atoms with E-state index in [1.54, 1.807) is 0 Å². The predicted octanol–water partition coefficient (Wildman–Crippen LogP) is 2.22. The third-order valence-corrected chi connectivity index (χ3v) is 2.28. The molecule has 0 bridgehead atoms. The summed E-state index contributed by atoms with van der Waals surface area (Å²) >= 11 is 0. The molecule has 2 N–H and O–H groups in total. The SMILES string of the molecule is O=C(NCC1CC1)Nc1ccccc1. The first kappa shape index (κ1) is 9.06. The number of hydrogen-bond donors (Lipinski definition) is 2. The summed E-state index contributed by atoms with van der Waals surface area (Å²) in [5, 5.41) is 5.62. The Kier molecular flexibility index (Phi) is 2.68. The molecule has 3 heteroatoms. The molecular weight excluding hydrogens is 176 g/mol. The maximum Gasteiger partial charge on any atom is 0.319 e. The lowest BCUT2D eigenvalue weighted by atomic mass is 10.3. The molecule has 0 atom stereocenters. The first-order valence-corrected chi connectivity index (χ1v) is 4.94. The van der Waals surface area contributed by atoms with Crippen molar-refractivity contribution in [1.82, 2.24) is 5.32 Å². The Morgan fingerprint density at radius 1 is 1.29 bits per heavy atom. The summed E-state index contributed by atoms with van der Waals surface area (Å²) in [6.07, 6.45) is 2.51. The molecule has 1 aromatic carbocycles. The molecule has 0 unspecified atom stereocenters. The molecule has 2 rings (SSSR count). The minimum Gasteiger partial charge on any atom is -0.338 e. The maximum atomic E-state index is 11.3. The lowest BCUT2D eigenvalue weighted by Gasteiger charge is -2.06. The fraction of sp³-hybridized carbons (Fsp3) is 0.364. The molecule has 0 aliphatic heterocycles. The highest BCUT2D eigenvalue weighted by atomic mass is 16.2. The van der Waals surface area contributed by atoms with E-state index in [0.717, 1.165) is 18.2 Å². The summed E-state index contributed by atoms with van der Waals surface area (Å²) in [7, 11) is 0. The van der Waals surface area contributed by atoms with Crippen molar-refractivity contribution in [3.05, 3.63) is 30.3 Å². The lowest BCUT2D eigenvalue weighted by Crippen LogP contribution is -2.30. The van der Waals surface area contributed by atoms with Crippen molar-refractivity contribution in [2.45, 2.75) is 12.8 Å². The van der Waals surface area contributed by atoms with Gasteiger partial charge in [0.05, 0.1) is 0 Å². The van der Waals surface area contributed by atoms with Crippen LogP contribution in [0.5, 0.6) is 0 Å². The van der Waals surface area contributed by atoms with Crippen molar-refractivity contribution in [3.8, 4) is 0 Å². The molecule has 14 heavy (non-hydrogen) atoms. The molecule has 74 valence electrons. The third kappa shape index (κ3) is 2.76.